The Hall–Kier alpha value is -5.23. The number of benzene rings is 4. The van der Waals surface area contributed by atoms with Crippen LogP contribution in [-0.4, -0.2) is 53.2 Å². The molecule has 1 heterocycles. The number of carbonyl (C=O) groups is 3. The average molecular weight is 780 g/mol. The smallest absolute Gasteiger partial charge is 0.410 e. The third-order valence-corrected chi connectivity index (χ3v) is 8.76. The van der Waals surface area contributed by atoms with Crippen LogP contribution in [-0.2, 0) is 27.3 Å². The van der Waals surface area contributed by atoms with Crippen molar-refractivity contribution in [2.45, 2.75) is 84.7 Å². The molecule has 0 bridgehead atoms. The molecule has 1 aliphatic heterocycles. The maximum Gasteiger partial charge on any atom is 0.410 e. The molecule has 0 saturated carbocycles. The molecule has 4 aromatic rings. The van der Waals surface area contributed by atoms with Crippen molar-refractivity contribution in [3.63, 3.8) is 0 Å². The van der Waals surface area contributed by atoms with Gasteiger partial charge in [-0.05, 0) is 120 Å². The van der Waals surface area contributed by atoms with Gasteiger partial charge in [0.15, 0.2) is 11.6 Å². The summed E-state index contributed by atoms with van der Waals surface area (Å²) in [6.45, 7) is 11.3. The van der Waals surface area contributed by atoms with Crippen molar-refractivity contribution in [1.82, 2.24) is 4.90 Å². The number of amides is 2. The van der Waals surface area contributed by atoms with Gasteiger partial charge in [-0.1, -0.05) is 35.9 Å². The predicted molar refractivity (Wildman–Crippen MR) is 206 cm³/mol. The molecule has 292 valence electrons. The van der Waals surface area contributed by atoms with E-state index < -0.39 is 46.6 Å². The van der Waals surface area contributed by atoms with Crippen molar-refractivity contribution in [1.29, 1.82) is 0 Å². The first-order chi connectivity index (χ1) is 25.8. The molecule has 13 heteroatoms. The van der Waals surface area contributed by atoms with Gasteiger partial charge in [0.2, 0.25) is 5.91 Å². The fraction of sp³-hybridized carbons (Fsp3) is 0.357. The average Bonchev–Trinajstić information content (AvgIpc) is 3.56. The van der Waals surface area contributed by atoms with E-state index >= 15 is 4.39 Å². The minimum absolute atomic E-state index is 0.108. The van der Waals surface area contributed by atoms with E-state index in [1.165, 1.54) is 48.5 Å². The Bertz CT molecular complexity index is 2060. The summed E-state index contributed by atoms with van der Waals surface area (Å²) in [6, 6.07) is 16.8. The monoisotopic (exact) mass is 779 g/mol. The fourth-order valence-electron chi connectivity index (χ4n) is 5.93. The lowest BCUT2D eigenvalue weighted by Gasteiger charge is -2.29. The van der Waals surface area contributed by atoms with Gasteiger partial charge in [0, 0.05) is 23.7 Å². The van der Waals surface area contributed by atoms with E-state index in [0.717, 1.165) is 18.9 Å². The number of hydrogen-bond acceptors (Lipinski definition) is 7. The van der Waals surface area contributed by atoms with Crippen LogP contribution < -0.4 is 15.4 Å². The zero-order valence-corrected chi connectivity index (χ0v) is 32.4. The molecule has 1 atom stereocenters. The van der Waals surface area contributed by atoms with Crippen LogP contribution in [0.3, 0.4) is 0 Å². The Morgan fingerprint density at radius 1 is 0.782 bits per heavy atom. The van der Waals surface area contributed by atoms with E-state index in [4.69, 9.17) is 25.8 Å². The maximum atomic E-state index is 15.5. The summed E-state index contributed by atoms with van der Waals surface area (Å²) in [5.41, 5.74) is 0.750. The highest BCUT2D eigenvalue weighted by molar-refractivity contribution is 6.30. The van der Waals surface area contributed by atoms with Crippen molar-refractivity contribution < 1.29 is 41.8 Å². The molecule has 1 fully saturated rings. The van der Waals surface area contributed by atoms with E-state index in [0.29, 0.717) is 35.6 Å². The molecule has 0 spiro atoms. The SMILES string of the molecule is CC(C)(C)OC(=O)c1ccc(NC(=O)Cc2ccc(-c3ccc(F)c(OCc4ccc(Cl)cc4F)c3)cc2F)c(NC[C@@H]2CCCN2C(=O)OC(C)(C)C)c1. The number of halogens is 4. The molecular weight excluding hydrogens is 735 g/mol. The molecule has 0 aliphatic carbocycles. The number of ether oxygens (including phenoxy) is 3. The van der Waals surface area contributed by atoms with E-state index in [1.807, 2.05) is 0 Å². The van der Waals surface area contributed by atoms with Crippen LogP contribution in [0.5, 0.6) is 5.75 Å². The van der Waals surface area contributed by atoms with Gasteiger partial charge in [0.05, 0.1) is 29.4 Å². The standard InChI is InChI=1S/C42H45ClF3N3O6/c1-41(2,3)54-39(51)28-13-16-35(36(19-28)47-23-31-8-7-17-49(31)40(52)55-42(4,5)6)48-38(50)21-27-10-9-25(18-33(27)45)26-12-15-32(44)37(20-26)53-24-29-11-14-30(43)22-34(29)46/h9-16,18-20,22,31,47H,7-8,17,21,23-24H2,1-6H3,(H,48,50)/t31-/m0/s1. The molecule has 55 heavy (non-hydrogen) atoms. The van der Waals surface area contributed by atoms with Gasteiger partial charge in [-0.3, -0.25) is 4.79 Å². The van der Waals surface area contributed by atoms with Crippen LogP contribution in [0.1, 0.15) is 75.9 Å². The Morgan fingerprint density at radius 2 is 1.45 bits per heavy atom. The van der Waals surface area contributed by atoms with Crippen molar-refractivity contribution in [2.24, 2.45) is 0 Å². The minimum Gasteiger partial charge on any atom is -0.486 e. The van der Waals surface area contributed by atoms with E-state index in [2.05, 4.69) is 10.6 Å². The normalized spacial score (nSPS) is 14.4. The molecular formula is C42H45ClF3N3O6. The Balaban J connectivity index is 1.29. The highest BCUT2D eigenvalue weighted by atomic mass is 35.5. The van der Waals surface area contributed by atoms with Crippen LogP contribution >= 0.6 is 11.6 Å². The van der Waals surface area contributed by atoms with E-state index in [-0.39, 0.29) is 46.5 Å². The lowest BCUT2D eigenvalue weighted by molar-refractivity contribution is -0.115. The summed E-state index contributed by atoms with van der Waals surface area (Å²) < 4.78 is 61.0. The van der Waals surface area contributed by atoms with Crippen molar-refractivity contribution in [3.8, 4) is 16.9 Å². The third kappa shape index (κ3) is 11.4. The van der Waals surface area contributed by atoms with Gasteiger partial charge in [-0.15, -0.1) is 0 Å². The topological polar surface area (TPSA) is 106 Å². The number of nitrogens with one attached hydrogen (secondary N) is 2. The maximum absolute atomic E-state index is 15.5. The summed E-state index contributed by atoms with van der Waals surface area (Å²) in [5, 5.41) is 6.33. The summed E-state index contributed by atoms with van der Waals surface area (Å²) in [4.78, 5) is 40.8. The number of nitrogens with zero attached hydrogens (tertiary/aromatic N) is 1. The summed E-state index contributed by atoms with van der Waals surface area (Å²) >= 11 is 5.81. The van der Waals surface area contributed by atoms with Gasteiger partial charge in [-0.2, -0.15) is 0 Å². The zero-order valence-electron chi connectivity index (χ0n) is 31.7. The first-order valence-electron chi connectivity index (χ1n) is 17.9. The molecule has 2 amide bonds. The number of anilines is 2. The second-order valence-electron chi connectivity index (χ2n) is 15.3. The summed E-state index contributed by atoms with van der Waals surface area (Å²) in [7, 11) is 0. The Morgan fingerprint density at radius 3 is 2.15 bits per heavy atom. The van der Waals surface area contributed by atoms with Gasteiger partial charge >= 0.3 is 12.1 Å². The molecule has 1 saturated heterocycles. The second-order valence-corrected chi connectivity index (χ2v) is 15.8. The minimum atomic E-state index is -0.736. The zero-order chi connectivity index (χ0) is 40.1. The summed E-state index contributed by atoms with van der Waals surface area (Å²) in [5.74, 6) is -3.16. The van der Waals surface area contributed by atoms with Crippen LogP contribution in [0.4, 0.5) is 29.3 Å². The van der Waals surface area contributed by atoms with Crippen molar-refractivity contribution in [2.75, 3.05) is 23.7 Å². The van der Waals surface area contributed by atoms with Gasteiger partial charge in [-0.25, -0.2) is 22.8 Å². The van der Waals surface area contributed by atoms with E-state index in [9.17, 15) is 23.2 Å². The number of carbonyl (C=O) groups excluding carboxylic acids is 3. The molecule has 4 aromatic carbocycles. The highest BCUT2D eigenvalue weighted by Gasteiger charge is 2.32. The largest absolute Gasteiger partial charge is 0.486 e. The molecule has 9 nitrogen and oxygen atoms in total. The molecule has 1 aliphatic rings. The Kier molecular flexibility index (Phi) is 12.7. The Labute approximate surface area is 324 Å². The van der Waals surface area contributed by atoms with Crippen LogP contribution in [0.15, 0.2) is 72.8 Å². The van der Waals surface area contributed by atoms with Crippen LogP contribution in [0, 0.1) is 17.5 Å². The molecule has 2 N–H and O–H groups in total. The number of likely N-dealkylation sites (tertiary alicyclic amines) is 1. The van der Waals surface area contributed by atoms with Crippen LogP contribution in [0.2, 0.25) is 5.02 Å². The van der Waals surface area contributed by atoms with Crippen molar-refractivity contribution in [3.05, 3.63) is 112 Å². The van der Waals surface area contributed by atoms with Gasteiger partial charge in [0.25, 0.3) is 0 Å². The number of esters is 1. The highest BCUT2D eigenvalue weighted by Crippen LogP contribution is 2.31. The molecule has 5 rings (SSSR count). The van der Waals surface area contributed by atoms with Crippen LogP contribution in [0.25, 0.3) is 11.1 Å². The first kappa shape index (κ1) is 40.9. The number of rotatable bonds is 11. The van der Waals surface area contributed by atoms with E-state index in [1.54, 1.807) is 64.6 Å². The molecule has 0 aromatic heterocycles. The lowest BCUT2D eigenvalue weighted by atomic mass is 10.0. The third-order valence-electron chi connectivity index (χ3n) is 8.53. The van der Waals surface area contributed by atoms with Gasteiger partial charge < -0.3 is 29.7 Å². The first-order valence-corrected chi connectivity index (χ1v) is 18.3. The van der Waals surface area contributed by atoms with Gasteiger partial charge in [0.1, 0.15) is 29.4 Å². The predicted octanol–water partition coefficient (Wildman–Crippen LogP) is 9.95. The number of hydrogen-bond donors (Lipinski definition) is 2. The molecule has 0 radical (unpaired) electrons. The lowest BCUT2D eigenvalue weighted by Crippen LogP contribution is -2.42. The summed E-state index contributed by atoms with van der Waals surface area (Å²) in [6.07, 6.45) is 0.780. The fourth-order valence-corrected chi connectivity index (χ4v) is 6.08. The quantitative estimate of drug-likeness (QED) is 0.146. The van der Waals surface area contributed by atoms with Crippen molar-refractivity contribution >= 4 is 40.9 Å². The molecule has 0 unspecified atom stereocenters. The second kappa shape index (κ2) is 17.1.